The molecule has 0 aromatic heterocycles. The Bertz CT molecular complexity index is 914. The maximum absolute atomic E-state index is 13.6. The van der Waals surface area contributed by atoms with Crippen molar-refractivity contribution >= 4 is 39.6 Å². The number of rotatable bonds is 6. The quantitative estimate of drug-likeness (QED) is 0.381. The van der Waals surface area contributed by atoms with Gasteiger partial charge in [0.05, 0.1) is 13.7 Å². The molecule has 1 aliphatic carbocycles. The minimum atomic E-state index is -0.401. The van der Waals surface area contributed by atoms with Gasteiger partial charge >= 0.3 is 5.97 Å². The molecule has 2 aromatic rings. The molecule has 0 unspecified atom stereocenters. The van der Waals surface area contributed by atoms with E-state index in [1.807, 2.05) is 54.3 Å². The van der Waals surface area contributed by atoms with Gasteiger partial charge in [0.15, 0.2) is 0 Å². The second-order valence-electron chi connectivity index (χ2n) is 7.79. The summed E-state index contributed by atoms with van der Waals surface area (Å²) in [6.07, 6.45) is 8.47. The molecule has 1 saturated carbocycles. The van der Waals surface area contributed by atoms with Crippen LogP contribution in [0.2, 0.25) is 0 Å². The fourth-order valence-electron chi connectivity index (χ4n) is 3.88. The van der Waals surface area contributed by atoms with Gasteiger partial charge in [-0.15, -0.1) is 0 Å². The standard InChI is InChI=1S/C25H28BrNO3/c1-18-8-9-19(12-15-24(28)30-2)16-23(18)27(17-20-10-13-22(26)14-11-20)25(29)21-6-4-3-5-7-21/h8-16,21H,3-7,17H2,1-2H3/b15-12+. The van der Waals surface area contributed by atoms with Crippen molar-refractivity contribution in [2.24, 2.45) is 5.92 Å². The summed E-state index contributed by atoms with van der Waals surface area (Å²) in [6.45, 7) is 2.54. The predicted octanol–water partition coefficient (Wildman–Crippen LogP) is 6.06. The number of amides is 1. The molecule has 0 heterocycles. The van der Waals surface area contributed by atoms with Gasteiger partial charge in [0.25, 0.3) is 0 Å². The number of aryl methyl sites for hydroxylation is 1. The molecule has 2 aromatic carbocycles. The maximum Gasteiger partial charge on any atom is 0.330 e. The van der Waals surface area contributed by atoms with Gasteiger partial charge in [0.2, 0.25) is 5.91 Å². The van der Waals surface area contributed by atoms with E-state index in [1.165, 1.54) is 19.6 Å². The number of carbonyl (C=O) groups is 2. The minimum absolute atomic E-state index is 0.0721. The summed E-state index contributed by atoms with van der Waals surface area (Å²) in [6, 6.07) is 14.0. The van der Waals surface area contributed by atoms with Crippen molar-refractivity contribution in [3.63, 3.8) is 0 Å². The fourth-order valence-corrected chi connectivity index (χ4v) is 4.14. The number of methoxy groups -OCH3 is 1. The summed E-state index contributed by atoms with van der Waals surface area (Å²) >= 11 is 3.48. The molecule has 0 N–H and O–H groups in total. The first-order valence-electron chi connectivity index (χ1n) is 10.4. The van der Waals surface area contributed by atoms with Crippen LogP contribution in [0.4, 0.5) is 5.69 Å². The molecule has 0 spiro atoms. The first-order valence-corrected chi connectivity index (χ1v) is 11.2. The lowest BCUT2D eigenvalue weighted by Crippen LogP contribution is -2.37. The summed E-state index contributed by atoms with van der Waals surface area (Å²) in [5.41, 5.74) is 3.86. The van der Waals surface area contributed by atoms with Crippen LogP contribution in [0.5, 0.6) is 0 Å². The lowest BCUT2D eigenvalue weighted by molar-refractivity contribution is -0.134. The SMILES string of the molecule is COC(=O)/C=C/c1ccc(C)c(N(Cc2ccc(Br)cc2)C(=O)C2CCCCC2)c1. The summed E-state index contributed by atoms with van der Waals surface area (Å²) in [5, 5.41) is 0. The molecule has 1 fully saturated rings. The number of hydrogen-bond acceptors (Lipinski definition) is 3. The molecule has 3 rings (SSSR count). The second kappa shape index (κ2) is 10.6. The fraction of sp³-hybridized carbons (Fsp3) is 0.360. The molecule has 1 aliphatic rings. The molecule has 0 atom stereocenters. The summed E-state index contributed by atoms with van der Waals surface area (Å²) in [5.74, 6) is -0.139. The first-order chi connectivity index (χ1) is 14.5. The van der Waals surface area contributed by atoms with Crippen molar-refractivity contribution in [3.8, 4) is 0 Å². The summed E-state index contributed by atoms with van der Waals surface area (Å²) in [4.78, 5) is 27.0. The van der Waals surface area contributed by atoms with E-state index in [0.29, 0.717) is 6.54 Å². The molecule has 0 radical (unpaired) electrons. The first kappa shape index (κ1) is 22.3. The molecular formula is C25H28BrNO3. The van der Waals surface area contributed by atoms with Crippen molar-refractivity contribution < 1.29 is 14.3 Å². The Kier molecular flexibility index (Phi) is 7.86. The molecule has 5 heteroatoms. The normalized spacial score (nSPS) is 14.6. The Morgan fingerprint density at radius 3 is 2.47 bits per heavy atom. The molecule has 0 aliphatic heterocycles. The van der Waals surface area contributed by atoms with Crippen LogP contribution < -0.4 is 4.90 Å². The molecular weight excluding hydrogens is 442 g/mol. The molecule has 158 valence electrons. The van der Waals surface area contributed by atoms with E-state index in [0.717, 1.165) is 52.5 Å². The number of ether oxygens (including phenoxy) is 1. The monoisotopic (exact) mass is 469 g/mol. The maximum atomic E-state index is 13.6. The predicted molar refractivity (Wildman–Crippen MR) is 124 cm³/mol. The molecule has 4 nitrogen and oxygen atoms in total. The van der Waals surface area contributed by atoms with Crippen LogP contribution in [-0.4, -0.2) is 19.0 Å². The lowest BCUT2D eigenvalue weighted by Gasteiger charge is -2.31. The molecule has 0 bridgehead atoms. The van der Waals surface area contributed by atoms with Gasteiger partial charge in [-0.25, -0.2) is 4.79 Å². The zero-order chi connectivity index (χ0) is 21.5. The van der Waals surface area contributed by atoms with E-state index >= 15 is 0 Å². The van der Waals surface area contributed by atoms with E-state index in [-0.39, 0.29) is 11.8 Å². The van der Waals surface area contributed by atoms with E-state index in [2.05, 4.69) is 20.7 Å². The third-order valence-electron chi connectivity index (χ3n) is 5.61. The van der Waals surface area contributed by atoms with Crippen molar-refractivity contribution in [1.82, 2.24) is 0 Å². The zero-order valence-electron chi connectivity index (χ0n) is 17.6. The average Bonchev–Trinajstić information content (AvgIpc) is 2.78. The van der Waals surface area contributed by atoms with Crippen molar-refractivity contribution in [1.29, 1.82) is 0 Å². The van der Waals surface area contributed by atoms with E-state index < -0.39 is 5.97 Å². The summed E-state index contributed by atoms with van der Waals surface area (Å²) < 4.78 is 5.70. The van der Waals surface area contributed by atoms with E-state index in [1.54, 1.807) is 6.08 Å². The highest BCUT2D eigenvalue weighted by atomic mass is 79.9. The van der Waals surface area contributed by atoms with Crippen LogP contribution in [0.3, 0.4) is 0 Å². The van der Waals surface area contributed by atoms with Gasteiger partial charge in [-0.05, 0) is 60.7 Å². The number of nitrogens with zero attached hydrogens (tertiary/aromatic N) is 1. The van der Waals surface area contributed by atoms with Gasteiger partial charge in [-0.3, -0.25) is 4.79 Å². The third kappa shape index (κ3) is 5.82. The smallest absolute Gasteiger partial charge is 0.330 e. The Morgan fingerprint density at radius 1 is 1.10 bits per heavy atom. The molecule has 30 heavy (non-hydrogen) atoms. The van der Waals surface area contributed by atoms with Crippen LogP contribution in [0.15, 0.2) is 53.0 Å². The number of halogens is 1. The van der Waals surface area contributed by atoms with E-state index in [4.69, 9.17) is 0 Å². The summed E-state index contributed by atoms with van der Waals surface area (Å²) in [7, 11) is 1.36. The van der Waals surface area contributed by atoms with Gasteiger partial charge in [0, 0.05) is 22.2 Å². The highest BCUT2D eigenvalue weighted by molar-refractivity contribution is 9.10. The Morgan fingerprint density at radius 2 is 1.80 bits per heavy atom. The van der Waals surface area contributed by atoms with Gasteiger partial charge in [-0.2, -0.15) is 0 Å². The van der Waals surface area contributed by atoms with Crippen LogP contribution >= 0.6 is 15.9 Å². The van der Waals surface area contributed by atoms with Crippen LogP contribution in [0.25, 0.3) is 6.08 Å². The van der Waals surface area contributed by atoms with Gasteiger partial charge in [0.1, 0.15) is 0 Å². The minimum Gasteiger partial charge on any atom is -0.466 e. The average molecular weight is 470 g/mol. The Labute approximate surface area is 187 Å². The lowest BCUT2D eigenvalue weighted by atomic mass is 9.88. The number of carbonyl (C=O) groups excluding carboxylic acids is 2. The molecule has 0 saturated heterocycles. The number of benzene rings is 2. The Hall–Kier alpha value is -2.40. The van der Waals surface area contributed by atoms with Crippen molar-refractivity contribution in [3.05, 3.63) is 69.7 Å². The van der Waals surface area contributed by atoms with Crippen LogP contribution in [0, 0.1) is 12.8 Å². The largest absolute Gasteiger partial charge is 0.466 e. The van der Waals surface area contributed by atoms with Gasteiger partial charge in [-0.1, -0.05) is 59.5 Å². The number of esters is 1. The number of hydrogen-bond donors (Lipinski definition) is 0. The van der Waals surface area contributed by atoms with Crippen molar-refractivity contribution in [2.75, 3.05) is 12.0 Å². The third-order valence-corrected chi connectivity index (χ3v) is 6.14. The van der Waals surface area contributed by atoms with Crippen LogP contribution in [0.1, 0.15) is 48.8 Å². The Balaban J connectivity index is 1.95. The van der Waals surface area contributed by atoms with Crippen molar-refractivity contribution in [2.45, 2.75) is 45.6 Å². The highest BCUT2D eigenvalue weighted by Gasteiger charge is 2.28. The zero-order valence-corrected chi connectivity index (χ0v) is 19.2. The van der Waals surface area contributed by atoms with E-state index in [9.17, 15) is 9.59 Å². The van der Waals surface area contributed by atoms with Gasteiger partial charge < -0.3 is 9.64 Å². The topological polar surface area (TPSA) is 46.6 Å². The number of anilines is 1. The second-order valence-corrected chi connectivity index (χ2v) is 8.70. The highest BCUT2D eigenvalue weighted by Crippen LogP contribution is 2.31. The van der Waals surface area contributed by atoms with Crippen LogP contribution in [-0.2, 0) is 20.9 Å². The molecule has 1 amide bonds.